The maximum Gasteiger partial charge on any atom is 0.304 e. The van der Waals surface area contributed by atoms with Crippen molar-refractivity contribution in [3.8, 4) is 0 Å². The molecule has 0 aliphatic heterocycles. The molecule has 2 unspecified atom stereocenters. The lowest BCUT2D eigenvalue weighted by molar-refractivity contribution is -0.137. The molecule has 3 N–H and O–H groups in total. The van der Waals surface area contributed by atoms with Crippen molar-refractivity contribution >= 4 is 5.97 Å². The zero-order valence-corrected chi connectivity index (χ0v) is 8.78. The molecule has 0 heterocycles. The number of carbonyl (C=O) groups is 1. The van der Waals surface area contributed by atoms with Crippen molar-refractivity contribution in [3.63, 3.8) is 0 Å². The standard InChI is InChI=1S/C11H13F2NO2/c1-6(14)7(5-10(15)16)11-8(12)3-2-4-9(11)13/h2-4,6-7H,5,14H2,1H3,(H,15,16). The number of carboxylic acid groups (broad SMARTS) is 1. The first-order valence-corrected chi connectivity index (χ1v) is 4.84. The van der Waals surface area contributed by atoms with E-state index in [0.717, 1.165) is 12.1 Å². The van der Waals surface area contributed by atoms with Gasteiger partial charge in [0.05, 0.1) is 6.42 Å². The van der Waals surface area contributed by atoms with Crippen molar-refractivity contribution in [2.75, 3.05) is 0 Å². The first kappa shape index (κ1) is 12.6. The average Bonchev–Trinajstić information content (AvgIpc) is 2.15. The van der Waals surface area contributed by atoms with Gasteiger partial charge in [-0.25, -0.2) is 8.78 Å². The van der Waals surface area contributed by atoms with E-state index in [9.17, 15) is 13.6 Å². The topological polar surface area (TPSA) is 63.3 Å². The molecule has 0 fully saturated rings. The monoisotopic (exact) mass is 229 g/mol. The van der Waals surface area contributed by atoms with Crippen LogP contribution in [0.3, 0.4) is 0 Å². The lowest BCUT2D eigenvalue weighted by Gasteiger charge is -2.20. The molecule has 2 atom stereocenters. The molecular formula is C11H13F2NO2. The number of aliphatic carboxylic acids is 1. The van der Waals surface area contributed by atoms with E-state index in [2.05, 4.69) is 0 Å². The molecule has 0 radical (unpaired) electrons. The molecule has 5 heteroatoms. The minimum Gasteiger partial charge on any atom is -0.481 e. The Labute approximate surface area is 91.9 Å². The Morgan fingerprint density at radius 3 is 2.31 bits per heavy atom. The summed E-state index contributed by atoms with van der Waals surface area (Å²) >= 11 is 0. The summed E-state index contributed by atoms with van der Waals surface area (Å²) in [6, 6.07) is 2.78. The van der Waals surface area contributed by atoms with Gasteiger partial charge in [-0.15, -0.1) is 0 Å². The second kappa shape index (κ2) is 5.03. The minimum absolute atomic E-state index is 0.250. The molecule has 0 aliphatic rings. The highest BCUT2D eigenvalue weighted by Crippen LogP contribution is 2.27. The van der Waals surface area contributed by atoms with Crippen LogP contribution in [0.4, 0.5) is 8.78 Å². The number of carboxylic acids is 1. The highest BCUT2D eigenvalue weighted by atomic mass is 19.1. The van der Waals surface area contributed by atoms with Gasteiger partial charge in [0, 0.05) is 17.5 Å². The third kappa shape index (κ3) is 2.76. The van der Waals surface area contributed by atoms with Crippen molar-refractivity contribution in [1.29, 1.82) is 0 Å². The smallest absolute Gasteiger partial charge is 0.304 e. The SMILES string of the molecule is CC(N)C(CC(=O)O)c1c(F)cccc1F. The number of rotatable bonds is 4. The number of nitrogens with two attached hydrogens (primary N) is 1. The van der Waals surface area contributed by atoms with E-state index in [-0.39, 0.29) is 5.56 Å². The fourth-order valence-corrected chi connectivity index (χ4v) is 1.60. The Morgan fingerprint density at radius 1 is 1.44 bits per heavy atom. The van der Waals surface area contributed by atoms with Crippen molar-refractivity contribution in [2.45, 2.75) is 25.3 Å². The largest absolute Gasteiger partial charge is 0.481 e. The fourth-order valence-electron chi connectivity index (χ4n) is 1.60. The van der Waals surface area contributed by atoms with Crippen LogP contribution in [0.5, 0.6) is 0 Å². The number of halogens is 2. The van der Waals surface area contributed by atoms with Crippen LogP contribution < -0.4 is 5.73 Å². The second-order valence-corrected chi connectivity index (χ2v) is 3.70. The van der Waals surface area contributed by atoms with Crippen molar-refractivity contribution in [2.24, 2.45) is 5.73 Å². The molecule has 1 rings (SSSR count). The minimum atomic E-state index is -1.13. The quantitative estimate of drug-likeness (QED) is 0.828. The van der Waals surface area contributed by atoms with Crippen LogP contribution in [0.1, 0.15) is 24.8 Å². The highest BCUT2D eigenvalue weighted by molar-refractivity contribution is 5.68. The summed E-state index contributed by atoms with van der Waals surface area (Å²) in [5, 5.41) is 8.68. The van der Waals surface area contributed by atoms with Crippen LogP contribution in [0.15, 0.2) is 18.2 Å². The van der Waals surface area contributed by atoms with Crippen LogP contribution in [-0.4, -0.2) is 17.1 Å². The van der Waals surface area contributed by atoms with E-state index in [1.54, 1.807) is 0 Å². The third-order valence-corrected chi connectivity index (χ3v) is 2.40. The molecule has 0 saturated heterocycles. The Morgan fingerprint density at radius 2 is 1.94 bits per heavy atom. The van der Waals surface area contributed by atoms with Crippen LogP contribution >= 0.6 is 0 Å². The normalized spacial score (nSPS) is 14.5. The van der Waals surface area contributed by atoms with E-state index in [0.29, 0.717) is 0 Å². The summed E-state index contributed by atoms with van der Waals surface area (Å²) in [4.78, 5) is 10.6. The van der Waals surface area contributed by atoms with Gasteiger partial charge in [0.1, 0.15) is 11.6 Å². The summed E-state index contributed by atoms with van der Waals surface area (Å²) in [5.74, 6) is -3.52. The van der Waals surface area contributed by atoms with Gasteiger partial charge in [0.2, 0.25) is 0 Å². The number of hydrogen-bond acceptors (Lipinski definition) is 2. The van der Waals surface area contributed by atoms with Crippen molar-refractivity contribution in [3.05, 3.63) is 35.4 Å². The summed E-state index contributed by atoms with van der Waals surface area (Å²) in [6.07, 6.45) is -0.393. The van der Waals surface area contributed by atoms with E-state index in [1.165, 1.54) is 13.0 Å². The van der Waals surface area contributed by atoms with E-state index in [4.69, 9.17) is 10.8 Å². The Balaban J connectivity index is 3.15. The van der Waals surface area contributed by atoms with Crippen LogP contribution in [0, 0.1) is 11.6 Å². The lowest BCUT2D eigenvalue weighted by Crippen LogP contribution is -2.28. The van der Waals surface area contributed by atoms with Gasteiger partial charge in [-0.05, 0) is 19.1 Å². The van der Waals surface area contributed by atoms with Gasteiger partial charge >= 0.3 is 5.97 Å². The molecule has 3 nitrogen and oxygen atoms in total. The van der Waals surface area contributed by atoms with Gasteiger partial charge in [-0.1, -0.05) is 6.07 Å². The second-order valence-electron chi connectivity index (χ2n) is 3.70. The molecule has 88 valence electrons. The molecular weight excluding hydrogens is 216 g/mol. The molecule has 16 heavy (non-hydrogen) atoms. The molecule has 0 amide bonds. The Kier molecular flexibility index (Phi) is 3.95. The van der Waals surface area contributed by atoms with Crippen LogP contribution in [0.2, 0.25) is 0 Å². The molecule has 0 aromatic heterocycles. The maximum atomic E-state index is 13.4. The molecule has 0 saturated carbocycles. The summed E-state index contributed by atoms with van der Waals surface area (Å²) in [7, 11) is 0. The van der Waals surface area contributed by atoms with Crippen molar-refractivity contribution < 1.29 is 18.7 Å². The van der Waals surface area contributed by atoms with E-state index in [1.807, 2.05) is 0 Å². The van der Waals surface area contributed by atoms with E-state index < -0.39 is 36.0 Å². The van der Waals surface area contributed by atoms with Gasteiger partial charge in [-0.2, -0.15) is 0 Å². The highest BCUT2D eigenvalue weighted by Gasteiger charge is 2.25. The predicted octanol–water partition coefficient (Wildman–Crippen LogP) is 1.87. The summed E-state index contributed by atoms with van der Waals surface area (Å²) in [5.41, 5.74) is 5.31. The number of hydrogen-bond donors (Lipinski definition) is 2. The third-order valence-electron chi connectivity index (χ3n) is 2.40. The lowest BCUT2D eigenvalue weighted by atomic mass is 9.89. The van der Waals surface area contributed by atoms with Gasteiger partial charge in [-0.3, -0.25) is 4.79 Å². The molecule has 0 aliphatic carbocycles. The Bertz CT molecular complexity index is 373. The zero-order chi connectivity index (χ0) is 12.3. The Hall–Kier alpha value is -1.49. The fraction of sp³-hybridized carbons (Fsp3) is 0.364. The van der Waals surface area contributed by atoms with Gasteiger partial charge in [0.15, 0.2) is 0 Å². The summed E-state index contributed by atoms with van der Waals surface area (Å²) in [6.45, 7) is 1.53. The van der Waals surface area contributed by atoms with Crippen molar-refractivity contribution in [1.82, 2.24) is 0 Å². The maximum absolute atomic E-state index is 13.4. The van der Waals surface area contributed by atoms with E-state index >= 15 is 0 Å². The van der Waals surface area contributed by atoms with Gasteiger partial charge in [0.25, 0.3) is 0 Å². The molecule has 1 aromatic carbocycles. The first-order chi connectivity index (χ1) is 7.43. The summed E-state index contributed by atoms with van der Waals surface area (Å²) < 4.78 is 26.8. The first-order valence-electron chi connectivity index (χ1n) is 4.84. The number of benzene rings is 1. The predicted molar refractivity (Wildman–Crippen MR) is 55.0 cm³/mol. The molecule has 0 bridgehead atoms. The molecule has 0 spiro atoms. The van der Waals surface area contributed by atoms with Crippen LogP contribution in [0.25, 0.3) is 0 Å². The molecule has 1 aromatic rings. The zero-order valence-electron chi connectivity index (χ0n) is 8.78. The van der Waals surface area contributed by atoms with Gasteiger partial charge < -0.3 is 10.8 Å². The van der Waals surface area contributed by atoms with Crippen LogP contribution in [-0.2, 0) is 4.79 Å². The average molecular weight is 229 g/mol.